The number of rotatable bonds is 7. The Morgan fingerprint density at radius 2 is 1.91 bits per heavy atom. The average molecular weight is 503 g/mol. The summed E-state index contributed by atoms with van der Waals surface area (Å²) in [6.07, 6.45) is 4.15. The van der Waals surface area contributed by atoms with Crippen LogP contribution in [0.25, 0.3) is 11.3 Å². The summed E-state index contributed by atoms with van der Waals surface area (Å²) in [4.78, 5) is 11.5. The number of halogens is 2. The van der Waals surface area contributed by atoms with Crippen molar-refractivity contribution in [1.29, 1.82) is 0 Å². The lowest BCUT2D eigenvalue weighted by atomic mass is 10.0. The molecule has 11 heteroatoms. The van der Waals surface area contributed by atoms with Gasteiger partial charge in [-0.05, 0) is 37.8 Å². The second-order valence-corrected chi connectivity index (χ2v) is 9.58. The van der Waals surface area contributed by atoms with Crippen LogP contribution in [-0.2, 0) is 16.2 Å². The van der Waals surface area contributed by atoms with E-state index in [2.05, 4.69) is 30.7 Å². The minimum atomic E-state index is 0.139. The Balaban J connectivity index is 1.12. The highest BCUT2D eigenvalue weighted by Crippen LogP contribution is 2.46. The molecule has 4 heterocycles. The predicted octanol–water partition coefficient (Wildman–Crippen LogP) is 4.67. The molecule has 1 saturated carbocycles. The van der Waals surface area contributed by atoms with Crippen molar-refractivity contribution in [2.45, 2.75) is 44.3 Å². The molecular formula is C23H24Cl2N6O3. The molecule has 0 unspecified atom stereocenters. The number of ether oxygens (including phenoxy) is 1. The van der Waals surface area contributed by atoms with Gasteiger partial charge in [0.2, 0.25) is 0 Å². The number of H-pyrrole nitrogens is 1. The molecule has 0 atom stereocenters. The lowest BCUT2D eigenvalue weighted by Gasteiger charge is -2.32. The molecule has 9 nitrogen and oxygen atoms in total. The molecule has 2 fully saturated rings. The highest BCUT2D eigenvalue weighted by Gasteiger charge is 2.34. The van der Waals surface area contributed by atoms with Crippen LogP contribution in [0.2, 0.25) is 10.0 Å². The van der Waals surface area contributed by atoms with E-state index in [-0.39, 0.29) is 6.10 Å². The van der Waals surface area contributed by atoms with Gasteiger partial charge in [0.25, 0.3) is 0 Å². The largest absolute Gasteiger partial charge is 0.373 e. The van der Waals surface area contributed by atoms with E-state index in [1.165, 1.54) is 0 Å². The van der Waals surface area contributed by atoms with Gasteiger partial charge in [-0.1, -0.05) is 34.4 Å². The van der Waals surface area contributed by atoms with E-state index in [1.54, 1.807) is 0 Å². The number of hydroxylamine groups is 1. The summed E-state index contributed by atoms with van der Waals surface area (Å²) in [6.45, 7) is 2.45. The maximum Gasteiger partial charge on any atom is 0.173 e. The zero-order chi connectivity index (χ0) is 23.1. The number of nitrogens with one attached hydrogen (secondary N) is 2. The van der Waals surface area contributed by atoms with Crippen molar-refractivity contribution < 1.29 is 14.1 Å². The summed E-state index contributed by atoms with van der Waals surface area (Å²) in [7, 11) is 0. The summed E-state index contributed by atoms with van der Waals surface area (Å²) >= 11 is 12.9. The van der Waals surface area contributed by atoms with Gasteiger partial charge in [-0.15, -0.1) is 0 Å². The SMILES string of the molecule is Clc1cccc(Cl)c1-c1noc(C2CC2)c1COC1CCN(c2cc(C3=NCON3)[nH]n2)CC1. The first-order chi connectivity index (χ1) is 16.7. The van der Waals surface area contributed by atoms with Gasteiger partial charge in [-0.2, -0.15) is 5.10 Å². The van der Waals surface area contributed by atoms with Gasteiger partial charge in [0, 0.05) is 36.2 Å². The van der Waals surface area contributed by atoms with Crippen LogP contribution in [0.5, 0.6) is 0 Å². The Hall–Kier alpha value is -2.59. The second kappa shape index (κ2) is 9.22. The van der Waals surface area contributed by atoms with E-state index in [1.807, 2.05) is 24.3 Å². The molecule has 1 aromatic carbocycles. The molecule has 1 saturated heterocycles. The zero-order valence-electron chi connectivity index (χ0n) is 18.4. The number of amidine groups is 1. The van der Waals surface area contributed by atoms with Crippen LogP contribution < -0.4 is 10.4 Å². The molecule has 178 valence electrons. The van der Waals surface area contributed by atoms with E-state index in [0.29, 0.717) is 46.4 Å². The zero-order valence-corrected chi connectivity index (χ0v) is 19.9. The number of benzene rings is 1. The highest BCUT2D eigenvalue weighted by molar-refractivity contribution is 6.39. The maximum atomic E-state index is 6.47. The Labute approximate surface area is 206 Å². The van der Waals surface area contributed by atoms with Gasteiger partial charge in [-0.3, -0.25) is 9.94 Å². The van der Waals surface area contributed by atoms with Crippen molar-refractivity contribution in [3.63, 3.8) is 0 Å². The Morgan fingerprint density at radius 1 is 1.12 bits per heavy atom. The standard InChI is InChI=1S/C23H24Cl2N6O3/c24-16-2-1-3-17(25)20(16)21-15(22(34-29-21)13-4-5-13)11-32-14-6-8-31(9-7-14)19-10-18(27-28-19)23-26-12-33-30-23/h1-3,10,13-14H,4-9,11-12H2,(H,26,30)(H,27,28). The Bertz CT molecular complexity index is 1190. The third-order valence-electron chi connectivity index (χ3n) is 6.47. The molecular weight excluding hydrogens is 479 g/mol. The minimum absolute atomic E-state index is 0.139. The van der Waals surface area contributed by atoms with Crippen molar-refractivity contribution in [2.75, 3.05) is 24.7 Å². The van der Waals surface area contributed by atoms with E-state index >= 15 is 0 Å². The topological polar surface area (TPSA) is 101 Å². The van der Waals surface area contributed by atoms with Crippen molar-refractivity contribution in [1.82, 2.24) is 20.8 Å². The molecule has 1 aliphatic carbocycles. The number of aliphatic imine (C=N–C) groups is 1. The number of aromatic amines is 1. The number of hydrogen-bond acceptors (Lipinski definition) is 8. The molecule has 0 spiro atoms. The van der Waals surface area contributed by atoms with E-state index in [9.17, 15) is 0 Å². The number of hydrogen-bond donors (Lipinski definition) is 2. The molecule has 6 rings (SSSR count). The number of piperidine rings is 1. The average Bonchev–Trinajstić information content (AvgIpc) is 3.23. The Morgan fingerprint density at radius 3 is 2.62 bits per heavy atom. The molecule has 0 bridgehead atoms. The summed E-state index contributed by atoms with van der Waals surface area (Å²) in [5, 5.41) is 12.9. The molecule has 3 aromatic rings. The van der Waals surface area contributed by atoms with Crippen LogP contribution in [0.15, 0.2) is 33.8 Å². The van der Waals surface area contributed by atoms with Crippen LogP contribution in [0, 0.1) is 0 Å². The third kappa shape index (κ3) is 4.29. The van der Waals surface area contributed by atoms with Crippen LogP contribution >= 0.6 is 23.2 Å². The fourth-order valence-corrected chi connectivity index (χ4v) is 5.04. The number of aromatic nitrogens is 3. The number of nitrogens with zero attached hydrogens (tertiary/aromatic N) is 4. The lowest BCUT2D eigenvalue weighted by Crippen LogP contribution is -2.37. The predicted molar refractivity (Wildman–Crippen MR) is 128 cm³/mol. The quantitative estimate of drug-likeness (QED) is 0.483. The van der Waals surface area contributed by atoms with Crippen LogP contribution in [0.4, 0.5) is 5.82 Å². The maximum absolute atomic E-state index is 6.47. The fourth-order valence-electron chi connectivity index (χ4n) is 4.47. The summed E-state index contributed by atoms with van der Waals surface area (Å²) < 4.78 is 12.1. The highest BCUT2D eigenvalue weighted by atomic mass is 35.5. The van der Waals surface area contributed by atoms with E-state index < -0.39 is 0 Å². The first kappa shape index (κ1) is 21.9. The molecule has 2 N–H and O–H groups in total. The lowest BCUT2D eigenvalue weighted by molar-refractivity contribution is 0.0245. The van der Waals surface area contributed by atoms with Crippen molar-refractivity contribution >= 4 is 34.9 Å². The van der Waals surface area contributed by atoms with Gasteiger partial charge in [0.15, 0.2) is 18.4 Å². The smallest absolute Gasteiger partial charge is 0.173 e. The van der Waals surface area contributed by atoms with Gasteiger partial charge in [-0.25, -0.2) is 10.5 Å². The normalized spacial score (nSPS) is 18.9. The van der Waals surface area contributed by atoms with Gasteiger partial charge in [0.1, 0.15) is 17.1 Å². The molecule has 2 aliphatic heterocycles. The van der Waals surface area contributed by atoms with Gasteiger partial charge >= 0.3 is 0 Å². The monoisotopic (exact) mass is 502 g/mol. The van der Waals surface area contributed by atoms with Crippen LogP contribution in [-0.4, -0.2) is 47.1 Å². The first-order valence-electron chi connectivity index (χ1n) is 11.4. The molecule has 3 aliphatic rings. The third-order valence-corrected chi connectivity index (χ3v) is 7.10. The number of anilines is 1. The summed E-state index contributed by atoms with van der Waals surface area (Å²) in [6, 6.07) is 7.45. The van der Waals surface area contributed by atoms with Crippen molar-refractivity contribution in [3.05, 3.63) is 51.3 Å². The minimum Gasteiger partial charge on any atom is -0.373 e. The van der Waals surface area contributed by atoms with E-state index in [4.69, 9.17) is 37.3 Å². The van der Waals surface area contributed by atoms with Crippen LogP contribution in [0.3, 0.4) is 0 Å². The molecule has 0 amide bonds. The van der Waals surface area contributed by atoms with Crippen LogP contribution in [0.1, 0.15) is 48.6 Å². The summed E-state index contributed by atoms with van der Waals surface area (Å²) in [5.41, 5.74) is 5.95. The molecule has 2 aromatic heterocycles. The first-order valence-corrected chi connectivity index (χ1v) is 12.2. The summed E-state index contributed by atoms with van der Waals surface area (Å²) in [5.74, 6) is 2.88. The van der Waals surface area contributed by atoms with Crippen molar-refractivity contribution in [2.24, 2.45) is 4.99 Å². The molecule has 0 radical (unpaired) electrons. The van der Waals surface area contributed by atoms with Gasteiger partial charge in [0.05, 0.1) is 22.8 Å². The fraction of sp³-hybridized carbons (Fsp3) is 0.435. The Kier molecular flexibility index (Phi) is 5.94. The van der Waals surface area contributed by atoms with Gasteiger partial charge < -0.3 is 14.2 Å². The second-order valence-electron chi connectivity index (χ2n) is 8.76. The van der Waals surface area contributed by atoms with Crippen molar-refractivity contribution in [3.8, 4) is 11.3 Å². The molecule has 34 heavy (non-hydrogen) atoms. The van der Waals surface area contributed by atoms with E-state index in [0.717, 1.165) is 61.6 Å².